The number of amides is 3. The van der Waals surface area contributed by atoms with Crippen LogP contribution in [0.25, 0.3) is 10.9 Å². The lowest BCUT2D eigenvalue weighted by Gasteiger charge is -2.36. The molecule has 2 aliphatic heterocycles. The van der Waals surface area contributed by atoms with Crippen LogP contribution in [0.3, 0.4) is 0 Å². The van der Waals surface area contributed by atoms with E-state index in [4.69, 9.17) is 9.47 Å². The molecule has 3 amide bonds. The summed E-state index contributed by atoms with van der Waals surface area (Å²) in [6.07, 6.45) is 0.720. The molecule has 1 fully saturated rings. The number of nitrogens with zero attached hydrogens (tertiary/aromatic N) is 2. The number of rotatable bonds is 4. The molecular weight excluding hydrogens is 382 g/mol. The Kier molecular flexibility index (Phi) is 4.03. The summed E-state index contributed by atoms with van der Waals surface area (Å²) < 4.78 is 10.6. The second kappa shape index (κ2) is 6.52. The van der Waals surface area contributed by atoms with Gasteiger partial charge in [0.05, 0.1) is 26.5 Å². The Bertz CT molecular complexity index is 1180. The molecular formula is C23H23N3O4. The molecule has 3 aromatic rings. The van der Waals surface area contributed by atoms with Gasteiger partial charge in [0.2, 0.25) is 0 Å². The van der Waals surface area contributed by atoms with Crippen LogP contribution in [0.5, 0.6) is 11.5 Å². The van der Waals surface area contributed by atoms with Crippen molar-refractivity contribution >= 4 is 22.8 Å². The predicted molar refractivity (Wildman–Crippen MR) is 112 cm³/mol. The van der Waals surface area contributed by atoms with Gasteiger partial charge >= 0.3 is 6.03 Å². The average Bonchev–Trinajstić information content (AvgIpc) is 3.24. The second-order valence-corrected chi connectivity index (χ2v) is 7.86. The van der Waals surface area contributed by atoms with E-state index in [9.17, 15) is 9.59 Å². The quantitative estimate of drug-likeness (QED) is 0.675. The van der Waals surface area contributed by atoms with Crippen molar-refractivity contribution in [3.63, 3.8) is 0 Å². The SMILES string of the molecule is COc1ccc(CN2C(=O)N3CCc4c([nH]c5ccccc45)[C@@]3(C)C2=O)cc1OC. The van der Waals surface area contributed by atoms with Crippen molar-refractivity contribution in [2.45, 2.75) is 25.4 Å². The van der Waals surface area contributed by atoms with Crippen LogP contribution in [-0.2, 0) is 23.3 Å². The van der Waals surface area contributed by atoms with Gasteiger partial charge in [-0.25, -0.2) is 4.79 Å². The van der Waals surface area contributed by atoms with Gasteiger partial charge in [0.1, 0.15) is 0 Å². The fraction of sp³-hybridized carbons (Fsp3) is 0.304. The summed E-state index contributed by atoms with van der Waals surface area (Å²) in [6, 6.07) is 13.2. The number of hydrogen-bond donors (Lipinski definition) is 1. The number of urea groups is 1. The standard InChI is InChI=1S/C23H23N3O4/c1-23-20-16(15-6-4-5-7-17(15)24-20)10-11-26(23)22(28)25(21(23)27)13-14-8-9-18(29-2)19(12-14)30-3/h4-9,12,24H,10-11,13H2,1-3H3/t23-/m0/s1. The molecule has 0 unspecified atom stereocenters. The number of aromatic nitrogens is 1. The van der Waals surface area contributed by atoms with Crippen molar-refractivity contribution in [1.82, 2.24) is 14.8 Å². The summed E-state index contributed by atoms with van der Waals surface area (Å²) in [7, 11) is 3.13. The highest BCUT2D eigenvalue weighted by molar-refractivity contribution is 6.08. The summed E-state index contributed by atoms with van der Waals surface area (Å²) in [6.45, 7) is 2.53. The van der Waals surface area contributed by atoms with E-state index in [0.717, 1.165) is 34.1 Å². The van der Waals surface area contributed by atoms with Gasteiger partial charge in [-0.15, -0.1) is 0 Å². The van der Waals surface area contributed by atoms with E-state index in [-0.39, 0.29) is 18.5 Å². The molecule has 1 saturated heterocycles. The Hall–Kier alpha value is -3.48. The number of para-hydroxylation sites is 1. The number of imide groups is 1. The first kappa shape index (κ1) is 18.5. The van der Waals surface area contributed by atoms with Crippen LogP contribution in [0.4, 0.5) is 4.79 Å². The summed E-state index contributed by atoms with van der Waals surface area (Å²) in [4.78, 5) is 33.2. The van der Waals surface area contributed by atoms with Crippen molar-refractivity contribution in [3.8, 4) is 11.5 Å². The summed E-state index contributed by atoms with van der Waals surface area (Å²) >= 11 is 0. The third-order valence-corrected chi connectivity index (χ3v) is 6.34. The van der Waals surface area contributed by atoms with Crippen molar-refractivity contribution < 1.29 is 19.1 Å². The smallest absolute Gasteiger partial charge is 0.328 e. The van der Waals surface area contributed by atoms with Gasteiger partial charge in [-0.3, -0.25) is 9.69 Å². The first-order chi connectivity index (χ1) is 14.5. The molecule has 0 spiro atoms. The van der Waals surface area contributed by atoms with E-state index in [0.29, 0.717) is 18.0 Å². The first-order valence-electron chi connectivity index (χ1n) is 9.93. The van der Waals surface area contributed by atoms with Gasteiger partial charge in [-0.05, 0) is 42.7 Å². The van der Waals surface area contributed by atoms with Crippen LogP contribution in [0.15, 0.2) is 42.5 Å². The number of methoxy groups -OCH3 is 2. The van der Waals surface area contributed by atoms with Crippen molar-refractivity contribution in [1.29, 1.82) is 0 Å². The Labute approximate surface area is 174 Å². The Balaban J connectivity index is 1.54. The number of aromatic amines is 1. The topological polar surface area (TPSA) is 74.9 Å². The monoisotopic (exact) mass is 405 g/mol. The lowest BCUT2D eigenvalue weighted by atomic mass is 9.87. The van der Waals surface area contributed by atoms with Gasteiger partial charge in [0.15, 0.2) is 17.0 Å². The Morgan fingerprint density at radius 2 is 1.83 bits per heavy atom. The minimum absolute atomic E-state index is 0.180. The number of fused-ring (bicyclic) bond motifs is 5. The third-order valence-electron chi connectivity index (χ3n) is 6.34. The highest BCUT2D eigenvalue weighted by atomic mass is 16.5. The second-order valence-electron chi connectivity index (χ2n) is 7.86. The zero-order valence-corrected chi connectivity index (χ0v) is 17.2. The Morgan fingerprint density at radius 3 is 2.60 bits per heavy atom. The molecule has 7 heteroatoms. The molecule has 0 radical (unpaired) electrons. The van der Waals surface area contributed by atoms with Crippen LogP contribution in [0.1, 0.15) is 23.7 Å². The molecule has 7 nitrogen and oxygen atoms in total. The largest absolute Gasteiger partial charge is 0.493 e. The average molecular weight is 405 g/mol. The molecule has 30 heavy (non-hydrogen) atoms. The maximum absolute atomic E-state index is 13.6. The van der Waals surface area contributed by atoms with Crippen LogP contribution in [-0.4, -0.2) is 47.5 Å². The van der Waals surface area contributed by atoms with Crippen LogP contribution < -0.4 is 9.47 Å². The molecule has 0 bridgehead atoms. The molecule has 1 atom stereocenters. The molecule has 5 rings (SSSR count). The number of hydrogen-bond acceptors (Lipinski definition) is 4. The molecule has 154 valence electrons. The fourth-order valence-electron chi connectivity index (χ4n) is 4.76. The molecule has 2 aliphatic rings. The van der Waals surface area contributed by atoms with Crippen LogP contribution in [0.2, 0.25) is 0 Å². The maximum Gasteiger partial charge on any atom is 0.328 e. The lowest BCUT2D eigenvalue weighted by Crippen LogP contribution is -2.48. The van der Waals surface area contributed by atoms with Crippen molar-refractivity contribution in [3.05, 3.63) is 59.3 Å². The van der Waals surface area contributed by atoms with E-state index in [2.05, 4.69) is 11.1 Å². The molecule has 0 saturated carbocycles. The minimum atomic E-state index is -1.03. The lowest BCUT2D eigenvalue weighted by molar-refractivity contribution is -0.133. The van der Waals surface area contributed by atoms with E-state index < -0.39 is 5.54 Å². The normalized spacial score (nSPS) is 20.5. The highest BCUT2D eigenvalue weighted by Gasteiger charge is 2.58. The molecule has 3 heterocycles. The zero-order chi connectivity index (χ0) is 21.0. The van der Waals surface area contributed by atoms with Crippen molar-refractivity contribution in [2.24, 2.45) is 0 Å². The van der Waals surface area contributed by atoms with E-state index in [1.807, 2.05) is 31.2 Å². The third kappa shape index (κ3) is 2.38. The zero-order valence-electron chi connectivity index (χ0n) is 17.2. The molecule has 1 N–H and O–H groups in total. The van der Waals surface area contributed by atoms with Gasteiger partial charge in [-0.2, -0.15) is 0 Å². The first-order valence-corrected chi connectivity index (χ1v) is 9.93. The van der Waals surface area contributed by atoms with Gasteiger partial charge in [0, 0.05) is 17.4 Å². The number of carbonyl (C=O) groups is 2. The molecule has 0 aliphatic carbocycles. The number of nitrogens with one attached hydrogen (secondary N) is 1. The van der Waals surface area contributed by atoms with Gasteiger partial charge < -0.3 is 19.4 Å². The summed E-state index contributed by atoms with van der Waals surface area (Å²) in [5.41, 5.74) is 2.71. The van der Waals surface area contributed by atoms with E-state index in [1.165, 1.54) is 4.90 Å². The maximum atomic E-state index is 13.6. The van der Waals surface area contributed by atoms with Crippen LogP contribution in [0, 0.1) is 0 Å². The van der Waals surface area contributed by atoms with E-state index >= 15 is 0 Å². The number of ether oxygens (including phenoxy) is 2. The fourth-order valence-corrected chi connectivity index (χ4v) is 4.76. The van der Waals surface area contributed by atoms with Gasteiger partial charge in [0.25, 0.3) is 5.91 Å². The number of H-pyrrole nitrogens is 1. The summed E-state index contributed by atoms with van der Waals surface area (Å²) in [5.74, 6) is 0.957. The van der Waals surface area contributed by atoms with Crippen molar-refractivity contribution in [2.75, 3.05) is 20.8 Å². The predicted octanol–water partition coefficient (Wildman–Crippen LogP) is 3.42. The Morgan fingerprint density at radius 1 is 1.07 bits per heavy atom. The molecule has 1 aromatic heterocycles. The molecule has 2 aromatic carbocycles. The van der Waals surface area contributed by atoms with Crippen LogP contribution >= 0.6 is 0 Å². The van der Waals surface area contributed by atoms with E-state index in [1.54, 1.807) is 31.3 Å². The van der Waals surface area contributed by atoms with Gasteiger partial charge in [-0.1, -0.05) is 24.3 Å². The highest BCUT2D eigenvalue weighted by Crippen LogP contribution is 2.44. The summed E-state index contributed by atoms with van der Waals surface area (Å²) in [5, 5.41) is 1.12. The minimum Gasteiger partial charge on any atom is -0.493 e. The number of benzene rings is 2. The number of carbonyl (C=O) groups excluding carboxylic acids is 2.